The zero-order valence-electron chi connectivity index (χ0n) is 24.8. The number of anilines is 1. The van der Waals surface area contributed by atoms with E-state index >= 15 is 0 Å². The van der Waals surface area contributed by atoms with E-state index in [0.29, 0.717) is 24.4 Å². The highest BCUT2D eigenvalue weighted by Crippen LogP contribution is 2.26. The third-order valence-electron chi connectivity index (χ3n) is 6.75. The van der Waals surface area contributed by atoms with Gasteiger partial charge in [0.1, 0.15) is 18.3 Å². The third-order valence-corrected chi connectivity index (χ3v) is 8.54. The lowest BCUT2D eigenvalue weighted by Crippen LogP contribution is -2.52. The number of benzene rings is 3. The molecule has 1 atom stereocenters. The lowest BCUT2D eigenvalue weighted by molar-refractivity contribution is -0.140. The summed E-state index contributed by atoms with van der Waals surface area (Å²) in [4.78, 5) is 29.0. The van der Waals surface area contributed by atoms with E-state index in [1.807, 2.05) is 58.9 Å². The molecule has 41 heavy (non-hydrogen) atoms. The second-order valence-corrected chi connectivity index (χ2v) is 12.5. The normalized spacial score (nSPS) is 12.1. The van der Waals surface area contributed by atoms with E-state index in [0.717, 1.165) is 21.0 Å². The molecule has 9 heteroatoms. The molecule has 1 unspecified atom stereocenters. The van der Waals surface area contributed by atoms with Gasteiger partial charge in [-0.3, -0.25) is 13.9 Å². The molecule has 0 saturated heterocycles. The Labute approximate surface area is 244 Å². The Bertz CT molecular complexity index is 1420. The number of methoxy groups -OCH3 is 1. The second kappa shape index (κ2) is 14.2. The Balaban J connectivity index is 2.04. The molecule has 0 aliphatic heterocycles. The number of aryl methyl sites for hydroxylation is 2. The van der Waals surface area contributed by atoms with Crippen LogP contribution in [-0.2, 0) is 26.2 Å². The molecule has 8 nitrogen and oxygen atoms in total. The molecule has 3 aromatic rings. The molecule has 0 radical (unpaired) electrons. The van der Waals surface area contributed by atoms with Crippen LogP contribution in [0.2, 0.25) is 0 Å². The van der Waals surface area contributed by atoms with Crippen molar-refractivity contribution < 1.29 is 22.7 Å². The van der Waals surface area contributed by atoms with Gasteiger partial charge in [0.05, 0.1) is 17.7 Å². The molecular weight excluding hydrogens is 538 g/mol. The molecule has 0 fully saturated rings. The van der Waals surface area contributed by atoms with Crippen molar-refractivity contribution >= 4 is 27.5 Å². The maximum Gasteiger partial charge on any atom is 0.264 e. The van der Waals surface area contributed by atoms with Gasteiger partial charge in [0.2, 0.25) is 11.8 Å². The highest BCUT2D eigenvalue weighted by Gasteiger charge is 2.33. The zero-order chi connectivity index (χ0) is 30.2. The standard InChI is InChI=1S/C32H41N3O5S/c1-7-30(32(37)33-20-23(2)3)34(21-26-10-8-9-25(5)19-26)31(36)22-35(27-13-11-24(4)12-14-27)41(38,39)29-17-15-28(40-6)16-18-29/h8-19,23,30H,7,20-22H2,1-6H3,(H,33,37). The van der Waals surface area contributed by atoms with Gasteiger partial charge in [0.15, 0.2) is 0 Å². The summed E-state index contributed by atoms with van der Waals surface area (Å²) in [6, 6.07) is 20.0. The van der Waals surface area contributed by atoms with E-state index in [2.05, 4.69) is 5.32 Å². The van der Waals surface area contributed by atoms with E-state index in [1.165, 1.54) is 24.1 Å². The topological polar surface area (TPSA) is 96.0 Å². The molecule has 0 aliphatic carbocycles. The summed E-state index contributed by atoms with van der Waals surface area (Å²) >= 11 is 0. The summed E-state index contributed by atoms with van der Waals surface area (Å²) in [6.45, 7) is 9.88. The van der Waals surface area contributed by atoms with Crippen molar-refractivity contribution in [2.75, 3.05) is 24.5 Å². The minimum Gasteiger partial charge on any atom is -0.497 e. The van der Waals surface area contributed by atoms with Crippen LogP contribution in [-0.4, -0.2) is 51.4 Å². The molecule has 0 bridgehead atoms. The molecule has 220 valence electrons. The predicted molar refractivity (Wildman–Crippen MR) is 162 cm³/mol. The van der Waals surface area contributed by atoms with Crippen molar-refractivity contribution in [2.45, 2.75) is 58.5 Å². The quantitative estimate of drug-likeness (QED) is 0.305. The number of carbonyl (C=O) groups is 2. The Morgan fingerprint density at radius 3 is 2.15 bits per heavy atom. The van der Waals surface area contributed by atoms with Gasteiger partial charge in [-0.2, -0.15) is 0 Å². The number of hydrogen-bond acceptors (Lipinski definition) is 5. The first-order valence-electron chi connectivity index (χ1n) is 13.8. The third kappa shape index (κ3) is 8.33. The largest absolute Gasteiger partial charge is 0.497 e. The molecule has 3 aromatic carbocycles. The average Bonchev–Trinajstić information content (AvgIpc) is 2.95. The fourth-order valence-corrected chi connectivity index (χ4v) is 5.88. The summed E-state index contributed by atoms with van der Waals surface area (Å²) in [5, 5.41) is 2.95. The van der Waals surface area contributed by atoms with E-state index in [1.54, 1.807) is 36.4 Å². The van der Waals surface area contributed by atoms with Gasteiger partial charge in [0.25, 0.3) is 10.0 Å². The Kier molecular flexibility index (Phi) is 10.9. The number of nitrogens with zero attached hydrogens (tertiary/aromatic N) is 2. The number of ether oxygens (including phenoxy) is 1. The van der Waals surface area contributed by atoms with Crippen molar-refractivity contribution in [1.82, 2.24) is 10.2 Å². The maximum atomic E-state index is 14.1. The summed E-state index contributed by atoms with van der Waals surface area (Å²) in [5.74, 6) is 0.0197. The van der Waals surface area contributed by atoms with E-state index in [4.69, 9.17) is 4.74 Å². The maximum absolute atomic E-state index is 14.1. The monoisotopic (exact) mass is 579 g/mol. The molecule has 0 saturated carbocycles. The molecule has 0 aliphatic rings. The first kappa shape index (κ1) is 31.7. The van der Waals surface area contributed by atoms with Crippen LogP contribution in [0, 0.1) is 19.8 Å². The van der Waals surface area contributed by atoms with Gasteiger partial charge < -0.3 is 15.0 Å². The van der Waals surface area contributed by atoms with Crippen LogP contribution in [0.25, 0.3) is 0 Å². The van der Waals surface area contributed by atoms with Crippen LogP contribution < -0.4 is 14.4 Å². The van der Waals surface area contributed by atoms with Crippen LogP contribution in [0.5, 0.6) is 5.75 Å². The summed E-state index contributed by atoms with van der Waals surface area (Å²) in [5.41, 5.74) is 3.19. The Hall–Kier alpha value is -3.85. The summed E-state index contributed by atoms with van der Waals surface area (Å²) in [7, 11) is -2.64. The lowest BCUT2D eigenvalue weighted by Gasteiger charge is -2.33. The number of amides is 2. The summed E-state index contributed by atoms with van der Waals surface area (Å²) < 4.78 is 34.2. The van der Waals surface area contributed by atoms with Crippen LogP contribution in [0.4, 0.5) is 5.69 Å². The SMILES string of the molecule is CCC(C(=O)NCC(C)C)N(Cc1cccc(C)c1)C(=O)CN(c1ccc(C)cc1)S(=O)(=O)c1ccc(OC)cc1. The fraction of sp³-hybridized carbons (Fsp3) is 0.375. The number of carbonyl (C=O) groups excluding carboxylic acids is 2. The van der Waals surface area contributed by atoms with Crippen LogP contribution in [0.3, 0.4) is 0 Å². The van der Waals surface area contributed by atoms with Gasteiger partial charge in [-0.25, -0.2) is 8.42 Å². The van der Waals surface area contributed by atoms with Crippen LogP contribution >= 0.6 is 0 Å². The molecule has 0 aromatic heterocycles. The van der Waals surface area contributed by atoms with Crippen LogP contribution in [0.15, 0.2) is 77.7 Å². The highest BCUT2D eigenvalue weighted by atomic mass is 32.2. The molecule has 2 amide bonds. The van der Waals surface area contributed by atoms with Crippen molar-refractivity contribution in [3.63, 3.8) is 0 Å². The molecule has 0 heterocycles. The first-order chi connectivity index (χ1) is 19.5. The van der Waals surface area contributed by atoms with Crippen molar-refractivity contribution in [3.05, 3.63) is 89.5 Å². The van der Waals surface area contributed by atoms with Crippen molar-refractivity contribution in [1.29, 1.82) is 0 Å². The zero-order valence-corrected chi connectivity index (χ0v) is 25.6. The molecular formula is C32H41N3O5S. The van der Waals surface area contributed by atoms with E-state index in [9.17, 15) is 18.0 Å². The number of sulfonamides is 1. The van der Waals surface area contributed by atoms with E-state index < -0.39 is 28.5 Å². The highest BCUT2D eigenvalue weighted by molar-refractivity contribution is 7.92. The molecule has 1 N–H and O–H groups in total. The molecule has 3 rings (SSSR count). The molecule has 0 spiro atoms. The van der Waals surface area contributed by atoms with Crippen molar-refractivity contribution in [3.8, 4) is 5.75 Å². The number of rotatable bonds is 13. The average molecular weight is 580 g/mol. The van der Waals surface area contributed by atoms with Gasteiger partial charge in [-0.1, -0.05) is 68.3 Å². The van der Waals surface area contributed by atoms with Crippen LogP contribution in [0.1, 0.15) is 43.9 Å². The number of hydrogen-bond donors (Lipinski definition) is 1. The fourth-order valence-electron chi connectivity index (χ4n) is 4.46. The minimum atomic E-state index is -4.14. The van der Waals surface area contributed by atoms with Gasteiger partial charge in [0, 0.05) is 13.1 Å². The Morgan fingerprint density at radius 2 is 1.59 bits per heavy atom. The van der Waals surface area contributed by atoms with E-state index in [-0.39, 0.29) is 23.3 Å². The smallest absolute Gasteiger partial charge is 0.264 e. The summed E-state index contributed by atoms with van der Waals surface area (Å²) in [6.07, 6.45) is 0.372. The minimum absolute atomic E-state index is 0.0265. The second-order valence-electron chi connectivity index (χ2n) is 10.6. The first-order valence-corrected chi connectivity index (χ1v) is 15.3. The van der Waals surface area contributed by atoms with Gasteiger partial charge >= 0.3 is 0 Å². The lowest BCUT2D eigenvalue weighted by atomic mass is 10.1. The Morgan fingerprint density at radius 1 is 0.927 bits per heavy atom. The number of nitrogens with one attached hydrogen (secondary N) is 1. The van der Waals surface area contributed by atoms with Gasteiger partial charge in [-0.05, 0) is 68.1 Å². The predicted octanol–water partition coefficient (Wildman–Crippen LogP) is 5.09. The van der Waals surface area contributed by atoms with Gasteiger partial charge in [-0.15, -0.1) is 0 Å². The van der Waals surface area contributed by atoms with Crippen molar-refractivity contribution in [2.24, 2.45) is 5.92 Å².